The molecule has 5 nitrogen and oxygen atoms in total. The lowest BCUT2D eigenvalue weighted by Gasteiger charge is -2.32. The van der Waals surface area contributed by atoms with Crippen molar-refractivity contribution in [1.29, 1.82) is 0 Å². The van der Waals surface area contributed by atoms with Crippen LogP contribution in [-0.2, 0) is 6.42 Å². The van der Waals surface area contributed by atoms with E-state index in [0.717, 1.165) is 43.6 Å². The molecular formula is C18H24N4OS. The Bertz CT molecular complexity index is 713. The van der Waals surface area contributed by atoms with Crippen LogP contribution in [0.15, 0.2) is 23.8 Å². The number of likely N-dealkylation sites (tertiary alicyclic amines) is 1. The number of aromatic nitrogens is 2. The summed E-state index contributed by atoms with van der Waals surface area (Å²) in [5, 5.41) is 1.99. The Balaban J connectivity index is 1.66. The lowest BCUT2D eigenvalue weighted by molar-refractivity contribution is 0.0673. The van der Waals surface area contributed by atoms with Gasteiger partial charge < -0.3 is 10.6 Å². The Hall–Kier alpha value is -1.95. The van der Waals surface area contributed by atoms with Crippen molar-refractivity contribution in [3.63, 3.8) is 0 Å². The molecule has 128 valence electrons. The Morgan fingerprint density at radius 2 is 2.21 bits per heavy atom. The SMILES string of the molecule is CC(C)c1cc(C(=O)N2CCC[C@@H](Cc3nccnc3N)C2)cs1. The molecule has 2 aromatic heterocycles. The van der Waals surface area contributed by atoms with Gasteiger partial charge in [-0.2, -0.15) is 0 Å². The summed E-state index contributed by atoms with van der Waals surface area (Å²) in [5.74, 6) is 1.51. The quantitative estimate of drug-likeness (QED) is 0.923. The second-order valence-electron chi connectivity index (χ2n) is 6.74. The van der Waals surface area contributed by atoms with Gasteiger partial charge in [-0.1, -0.05) is 13.8 Å². The highest BCUT2D eigenvalue weighted by Crippen LogP contribution is 2.26. The molecule has 0 aliphatic carbocycles. The maximum atomic E-state index is 12.8. The number of hydrogen-bond acceptors (Lipinski definition) is 5. The Labute approximate surface area is 146 Å². The molecule has 1 saturated heterocycles. The van der Waals surface area contributed by atoms with Crippen LogP contribution in [0.5, 0.6) is 0 Å². The molecule has 0 saturated carbocycles. The molecule has 0 unspecified atom stereocenters. The molecular weight excluding hydrogens is 320 g/mol. The standard InChI is InChI=1S/C18H24N4OS/c1-12(2)16-9-14(11-24-16)18(23)22-7-3-4-13(10-22)8-15-17(19)21-6-5-20-15/h5-6,9,11-13H,3-4,7-8,10H2,1-2H3,(H2,19,21)/t13-/m0/s1. The third-order valence-electron chi connectivity index (χ3n) is 4.53. The van der Waals surface area contributed by atoms with Crippen LogP contribution in [0.3, 0.4) is 0 Å². The largest absolute Gasteiger partial charge is 0.382 e. The molecule has 2 N–H and O–H groups in total. The molecule has 6 heteroatoms. The summed E-state index contributed by atoms with van der Waals surface area (Å²) in [6.07, 6.45) is 6.19. The average molecular weight is 344 g/mol. The molecule has 2 aromatic rings. The first-order chi connectivity index (χ1) is 11.5. The van der Waals surface area contributed by atoms with Crippen molar-refractivity contribution < 1.29 is 4.79 Å². The fraction of sp³-hybridized carbons (Fsp3) is 0.500. The number of carbonyl (C=O) groups excluding carboxylic acids is 1. The van der Waals surface area contributed by atoms with E-state index in [-0.39, 0.29) is 5.91 Å². The number of nitrogens with zero attached hydrogens (tertiary/aromatic N) is 3. The monoisotopic (exact) mass is 344 g/mol. The fourth-order valence-electron chi connectivity index (χ4n) is 3.17. The first kappa shape index (κ1) is 16.9. The van der Waals surface area contributed by atoms with E-state index in [1.54, 1.807) is 23.7 Å². The molecule has 3 heterocycles. The number of anilines is 1. The first-order valence-electron chi connectivity index (χ1n) is 8.47. The Morgan fingerprint density at radius 3 is 2.92 bits per heavy atom. The van der Waals surface area contributed by atoms with Crippen molar-refractivity contribution in [3.05, 3.63) is 40.0 Å². The Kier molecular flexibility index (Phi) is 5.14. The topological polar surface area (TPSA) is 72.1 Å². The normalized spacial score (nSPS) is 18.1. The van der Waals surface area contributed by atoms with E-state index in [0.29, 0.717) is 17.7 Å². The van der Waals surface area contributed by atoms with Gasteiger partial charge in [0.15, 0.2) is 0 Å². The van der Waals surface area contributed by atoms with E-state index in [1.165, 1.54) is 4.88 Å². The predicted octanol–water partition coefficient (Wildman–Crippen LogP) is 3.34. The number of thiophene rings is 1. The van der Waals surface area contributed by atoms with Crippen molar-refractivity contribution in [3.8, 4) is 0 Å². The summed E-state index contributed by atoms with van der Waals surface area (Å²) in [6.45, 7) is 5.91. The van der Waals surface area contributed by atoms with E-state index in [1.807, 2.05) is 16.3 Å². The zero-order chi connectivity index (χ0) is 17.1. The van der Waals surface area contributed by atoms with Crippen molar-refractivity contribution >= 4 is 23.1 Å². The van der Waals surface area contributed by atoms with Gasteiger partial charge in [0.05, 0.1) is 11.3 Å². The molecule has 0 aromatic carbocycles. The number of nitrogens with two attached hydrogens (primary N) is 1. The maximum Gasteiger partial charge on any atom is 0.254 e. The van der Waals surface area contributed by atoms with Crippen molar-refractivity contribution in [2.24, 2.45) is 5.92 Å². The van der Waals surface area contributed by atoms with Gasteiger partial charge in [-0.05, 0) is 37.2 Å². The van der Waals surface area contributed by atoms with E-state index >= 15 is 0 Å². The molecule has 24 heavy (non-hydrogen) atoms. The summed E-state index contributed by atoms with van der Waals surface area (Å²) in [5.41, 5.74) is 7.57. The molecule has 1 fully saturated rings. The molecule has 1 aliphatic heterocycles. The zero-order valence-electron chi connectivity index (χ0n) is 14.2. The summed E-state index contributed by atoms with van der Waals surface area (Å²) in [7, 11) is 0. The van der Waals surface area contributed by atoms with Crippen molar-refractivity contribution in [1.82, 2.24) is 14.9 Å². The van der Waals surface area contributed by atoms with E-state index in [9.17, 15) is 4.79 Å². The smallest absolute Gasteiger partial charge is 0.254 e. The molecule has 0 spiro atoms. The lowest BCUT2D eigenvalue weighted by atomic mass is 9.93. The van der Waals surface area contributed by atoms with Crippen LogP contribution in [0.25, 0.3) is 0 Å². The number of hydrogen-bond donors (Lipinski definition) is 1. The molecule has 0 bridgehead atoms. The molecule has 0 radical (unpaired) electrons. The number of amides is 1. The summed E-state index contributed by atoms with van der Waals surface area (Å²) >= 11 is 1.67. The third kappa shape index (κ3) is 3.75. The molecule has 1 amide bonds. The number of nitrogen functional groups attached to an aromatic ring is 1. The molecule has 1 atom stereocenters. The number of rotatable bonds is 4. The van der Waals surface area contributed by atoms with Crippen LogP contribution in [-0.4, -0.2) is 33.9 Å². The molecule has 1 aliphatic rings. The third-order valence-corrected chi connectivity index (χ3v) is 5.76. The van der Waals surface area contributed by atoms with Crippen LogP contribution >= 0.6 is 11.3 Å². The highest BCUT2D eigenvalue weighted by atomic mass is 32.1. The van der Waals surface area contributed by atoms with E-state index < -0.39 is 0 Å². The van der Waals surface area contributed by atoms with Gasteiger partial charge in [0.1, 0.15) is 5.82 Å². The minimum atomic E-state index is 0.148. The molecule has 3 rings (SSSR count). The highest BCUT2D eigenvalue weighted by molar-refractivity contribution is 7.10. The van der Waals surface area contributed by atoms with Gasteiger partial charge in [0.25, 0.3) is 5.91 Å². The average Bonchev–Trinajstić information content (AvgIpc) is 3.07. The predicted molar refractivity (Wildman–Crippen MR) is 97.2 cm³/mol. The van der Waals surface area contributed by atoms with Gasteiger partial charge in [-0.3, -0.25) is 9.78 Å². The van der Waals surface area contributed by atoms with Crippen LogP contribution in [0.1, 0.15) is 53.5 Å². The highest BCUT2D eigenvalue weighted by Gasteiger charge is 2.26. The van der Waals surface area contributed by atoms with Crippen molar-refractivity contribution in [2.75, 3.05) is 18.8 Å². The summed E-state index contributed by atoms with van der Waals surface area (Å²) in [4.78, 5) is 24.5. The second kappa shape index (κ2) is 7.30. The van der Waals surface area contributed by atoms with Gasteiger partial charge in [-0.15, -0.1) is 11.3 Å². The van der Waals surface area contributed by atoms with Crippen LogP contribution in [0.2, 0.25) is 0 Å². The van der Waals surface area contributed by atoms with Gasteiger partial charge in [0.2, 0.25) is 0 Å². The van der Waals surface area contributed by atoms with E-state index in [2.05, 4.69) is 23.8 Å². The number of piperidine rings is 1. The first-order valence-corrected chi connectivity index (χ1v) is 9.35. The van der Waals surface area contributed by atoms with Crippen LogP contribution < -0.4 is 5.73 Å². The van der Waals surface area contributed by atoms with Crippen LogP contribution in [0, 0.1) is 5.92 Å². The summed E-state index contributed by atoms with van der Waals surface area (Å²) < 4.78 is 0. The maximum absolute atomic E-state index is 12.8. The van der Waals surface area contributed by atoms with E-state index in [4.69, 9.17) is 5.73 Å². The Morgan fingerprint density at radius 1 is 1.42 bits per heavy atom. The number of carbonyl (C=O) groups is 1. The van der Waals surface area contributed by atoms with Gasteiger partial charge in [0, 0.05) is 35.7 Å². The lowest BCUT2D eigenvalue weighted by Crippen LogP contribution is -2.40. The minimum Gasteiger partial charge on any atom is -0.382 e. The van der Waals surface area contributed by atoms with Crippen molar-refractivity contribution in [2.45, 2.75) is 39.0 Å². The fourth-order valence-corrected chi connectivity index (χ4v) is 4.07. The summed E-state index contributed by atoms with van der Waals surface area (Å²) in [6, 6.07) is 2.04. The van der Waals surface area contributed by atoms with Gasteiger partial charge >= 0.3 is 0 Å². The second-order valence-corrected chi connectivity index (χ2v) is 7.69. The van der Waals surface area contributed by atoms with Crippen LogP contribution in [0.4, 0.5) is 5.82 Å². The minimum absolute atomic E-state index is 0.148. The zero-order valence-corrected chi connectivity index (χ0v) is 15.1. The van der Waals surface area contributed by atoms with Gasteiger partial charge in [-0.25, -0.2) is 4.98 Å².